The molecular formula is C12H18N2O2. The van der Waals surface area contributed by atoms with Crippen molar-refractivity contribution in [2.75, 3.05) is 13.7 Å². The lowest BCUT2D eigenvalue weighted by Crippen LogP contribution is -2.32. The van der Waals surface area contributed by atoms with Crippen LogP contribution in [-0.4, -0.2) is 35.6 Å². The fourth-order valence-electron chi connectivity index (χ4n) is 1.46. The second kappa shape index (κ2) is 5.63. The van der Waals surface area contributed by atoms with E-state index in [4.69, 9.17) is 10.8 Å². The molecule has 0 radical (unpaired) electrons. The Kier molecular flexibility index (Phi) is 4.46. The molecular weight excluding hydrogens is 204 g/mol. The average molecular weight is 222 g/mol. The first kappa shape index (κ1) is 12.7. The van der Waals surface area contributed by atoms with E-state index in [2.05, 4.69) is 0 Å². The number of rotatable bonds is 5. The van der Waals surface area contributed by atoms with Crippen LogP contribution in [-0.2, 0) is 6.54 Å². The second-order valence-corrected chi connectivity index (χ2v) is 3.97. The summed E-state index contributed by atoms with van der Waals surface area (Å²) in [6.45, 7) is 2.61. The highest BCUT2D eigenvalue weighted by Crippen LogP contribution is 2.11. The summed E-state index contributed by atoms with van der Waals surface area (Å²) in [6, 6.07) is 7.31. The molecule has 0 saturated carbocycles. The van der Waals surface area contributed by atoms with Crippen LogP contribution in [0.25, 0.3) is 0 Å². The third kappa shape index (κ3) is 3.05. The Morgan fingerprint density at radius 3 is 2.69 bits per heavy atom. The molecule has 88 valence electrons. The smallest absolute Gasteiger partial charge is 0.249 e. The van der Waals surface area contributed by atoms with Crippen LogP contribution in [0.5, 0.6) is 0 Å². The lowest BCUT2D eigenvalue weighted by Gasteiger charge is -2.23. The van der Waals surface area contributed by atoms with E-state index in [0.29, 0.717) is 12.1 Å². The minimum Gasteiger partial charge on any atom is -0.395 e. The van der Waals surface area contributed by atoms with Crippen molar-refractivity contribution in [3.8, 4) is 0 Å². The molecule has 1 rings (SSSR count). The van der Waals surface area contributed by atoms with E-state index in [1.165, 1.54) is 0 Å². The summed E-state index contributed by atoms with van der Waals surface area (Å²) in [7, 11) is 1.90. The van der Waals surface area contributed by atoms with Crippen molar-refractivity contribution >= 4 is 5.91 Å². The van der Waals surface area contributed by atoms with Crippen molar-refractivity contribution in [2.45, 2.75) is 19.5 Å². The van der Waals surface area contributed by atoms with Gasteiger partial charge in [0.25, 0.3) is 0 Å². The molecule has 1 atom stereocenters. The maximum absolute atomic E-state index is 11.2. The third-order valence-corrected chi connectivity index (χ3v) is 2.72. The van der Waals surface area contributed by atoms with Crippen LogP contribution in [0, 0.1) is 0 Å². The first-order valence-electron chi connectivity index (χ1n) is 5.25. The van der Waals surface area contributed by atoms with Crippen LogP contribution in [0.4, 0.5) is 0 Å². The van der Waals surface area contributed by atoms with Gasteiger partial charge in [0.1, 0.15) is 0 Å². The molecule has 0 fully saturated rings. The fraction of sp³-hybridized carbons (Fsp3) is 0.417. The molecule has 1 aromatic carbocycles. The molecule has 0 aromatic heterocycles. The molecule has 4 heteroatoms. The summed E-state index contributed by atoms with van der Waals surface area (Å²) in [4.78, 5) is 13.2. The number of nitrogens with two attached hydrogens (primary N) is 1. The molecule has 0 aliphatic carbocycles. The molecule has 16 heavy (non-hydrogen) atoms. The van der Waals surface area contributed by atoms with Crippen molar-refractivity contribution < 1.29 is 9.90 Å². The number of carbonyl (C=O) groups excluding carboxylic acids is 1. The maximum Gasteiger partial charge on any atom is 0.249 e. The SMILES string of the molecule is CC(CO)N(C)Cc1ccccc1C(N)=O. The van der Waals surface area contributed by atoms with Gasteiger partial charge in [0.15, 0.2) is 0 Å². The summed E-state index contributed by atoms with van der Waals surface area (Å²) in [5.41, 5.74) is 6.72. The van der Waals surface area contributed by atoms with Crippen LogP contribution in [0.1, 0.15) is 22.8 Å². The van der Waals surface area contributed by atoms with Gasteiger partial charge in [-0.05, 0) is 25.6 Å². The monoisotopic (exact) mass is 222 g/mol. The quantitative estimate of drug-likeness (QED) is 0.766. The van der Waals surface area contributed by atoms with E-state index in [9.17, 15) is 4.79 Å². The number of hydrogen-bond donors (Lipinski definition) is 2. The molecule has 1 amide bonds. The Balaban J connectivity index is 2.84. The molecule has 0 aliphatic heterocycles. The van der Waals surface area contributed by atoms with E-state index >= 15 is 0 Å². The summed E-state index contributed by atoms with van der Waals surface area (Å²) in [5.74, 6) is -0.416. The normalized spacial score (nSPS) is 12.8. The molecule has 0 spiro atoms. The first-order valence-corrected chi connectivity index (χ1v) is 5.25. The number of likely N-dealkylation sites (N-methyl/N-ethyl adjacent to an activating group) is 1. The molecule has 4 nitrogen and oxygen atoms in total. The van der Waals surface area contributed by atoms with Crippen LogP contribution < -0.4 is 5.73 Å². The lowest BCUT2D eigenvalue weighted by atomic mass is 10.1. The standard InChI is InChI=1S/C12H18N2O2/c1-9(8-15)14(2)7-10-5-3-4-6-11(10)12(13)16/h3-6,9,15H,7-8H2,1-2H3,(H2,13,16). The van der Waals surface area contributed by atoms with Gasteiger partial charge in [0, 0.05) is 18.2 Å². The van der Waals surface area contributed by atoms with Crippen LogP contribution in [0.3, 0.4) is 0 Å². The number of aliphatic hydroxyl groups is 1. The van der Waals surface area contributed by atoms with Gasteiger partial charge in [-0.25, -0.2) is 0 Å². The number of carbonyl (C=O) groups is 1. The lowest BCUT2D eigenvalue weighted by molar-refractivity contribution is 0.0997. The highest BCUT2D eigenvalue weighted by molar-refractivity contribution is 5.94. The van der Waals surface area contributed by atoms with E-state index in [0.717, 1.165) is 5.56 Å². The highest BCUT2D eigenvalue weighted by atomic mass is 16.3. The van der Waals surface area contributed by atoms with Crippen molar-refractivity contribution in [1.29, 1.82) is 0 Å². The second-order valence-electron chi connectivity index (χ2n) is 3.97. The number of nitrogens with zero attached hydrogens (tertiary/aromatic N) is 1. The molecule has 1 unspecified atom stereocenters. The Morgan fingerprint density at radius 2 is 2.12 bits per heavy atom. The molecule has 0 bridgehead atoms. The molecule has 3 N–H and O–H groups in total. The average Bonchev–Trinajstić information content (AvgIpc) is 2.28. The van der Waals surface area contributed by atoms with Gasteiger partial charge < -0.3 is 10.8 Å². The molecule has 0 aliphatic rings. The number of aliphatic hydroxyl groups excluding tert-OH is 1. The van der Waals surface area contributed by atoms with E-state index < -0.39 is 5.91 Å². The minimum absolute atomic E-state index is 0.0564. The zero-order chi connectivity index (χ0) is 12.1. The Hall–Kier alpha value is -1.39. The van der Waals surface area contributed by atoms with Gasteiger partial charge in [-0.2, -0.15) is 0 Å². The summed E-state index contributed by atoms with van der Waals surface area (Å²) in [5, 5.41) is 9.03. The fourth-order valence-corrected chi connectivity index (χ4v) is 1.46. The van der Waals surface area contributed by atoms with Gasteiger partial charge in [-0.15, -0.1) is 0 Å². The topological polar surface area (TPSA) is 66.6 Å². The largest absolute Gasteiger partial charge is 0.395 e. The minimum atomic E-state index is -0.416. The molecule has 0 heterocycles. The van der Waals surface area contributed by atoms with Gasteiger partial charge >= 0.3 is 0 Å². The van der Waals surface area contributed by atoms with E-state index in [-0.39, 0.29) is 12.6 Å². The summed E-state index contributed by atoms with van der Waals surface area (Å²) in [6.07, 6.45) is 0. The van der Waals surface area contributed by atoms with Crippen molar-refractivity contribution in [3.63, 3.8) is 0 Å². The van der Waals surface area contributed by atoms with Gasteiger partial charge in [-0.1, -0.05) is 18.2 Å². The van der Waals surface area contributed by atoms with Crippen LogP contribution >= 0.6 is 0 Å². The molecule has 0 saturated heterocycles. The zero-order valence-electron chi connectivity index (χ0n) is 9.68. The zero-order valence-corrected chi connectivity index (χ0v) is 9.68. The Morgan fingerprint density at radius 1 is 1.50 bits per heavy atom. The maximum atomic E-state index is 11.2. The number of primary amides is 1. The predicted octanol–water partition coefficient (Wildman–Crippen LogP) is 0.598. The van der Waals surface area contributed by atoms with Crippen molar-refractivity contribution in [1.82, 2.24) is 4.90 Å². The third-order valence-electron chi connectivity index (χ3n) is 2.72. The number of amides is 1. The van der Waals surface area contributed by atoms with Crippen LogP contribution in [0.2, 0.25) is 0 Å². The molecule has 1 aromatic rings. The van der Waals surface area contributed by atoms with Gasteiger partial charge in [-0.3, -0.25) is 9.69 Å². The summed E-state index contributed by atoms with van der Waals surface area (Å²) >= 11 is 0. The van der Waals surface area contributed by atoms with Crippen molar-refractivity contribution in [2.24, 2.45) is 5.73 Å². The van der Waals surface area contributed by atoms with Crippen molar-refractivity contribution in [3.05, 3.63) is 35.4 Å². The Labute approximate surface area is 95.7 Å². The van der Waals surface area contributed by atoms with Gasteiger partial charge in [0.2, 0.25) is 5.91 Å². The van der Waals surface area contributed by atoms with Crippen LogP contribution in [0.15, 0.2) is 24.3 Å². The summed E-state index contributed by atoms with van der Waals surface area (Å²) < 4.78 is 0. The Bertz CT molecular complexity index is 366. The number of hydrogen-bond acceptors (Lipinski definition) is 3. The first-order chi connectivity index (χ1) is 7.56. The highest BCUT2D eigenvalue weighted by Gasteiger charge is 2.12. The van der Waals surface area contributed by atoms with E-state index in [1.54, 1.807) is 12.1 Å². The van der Waals surface area contributed by atoms with E-state index in [1.807, 2.05) is 31.0 Å². The predicted molar refractivity (Wildman–Crippen MR) is 63.0 cm³/mol. The van der Waals surface area contributed by atoms with Gasteiger partial charge in [0.05, 0.1) is 6.61 Å². The number of benzene rings is 1.